The topological polar surface area (TPSA) is 49.3 Å². The van der Waals surface area contributed by atoms with E-state index in [9.17, 15) is 4.21 Å². The van der Waals surface area contributed by atoms with E-state index in [1.807, 2.05) is 0 Å². The van der Waals surface area contributed by atoms with Gasteiger partial charge in [-0.05, 0) is 18.8 Å². The van der Waals surface area contributed by atoms with E-state index < -0.39 is 11.3 Å². The second-order valence-corrected chi connectivity index (χ2v) is 3.52. The van der Waals surface area contributed by atoms with Crippen LogP contribution in [0.3, 0.4) is 0 Å². The maximum absolute atomic E-state index is 10.1. The van der Waals surface area contributed by atoms with Crippen molar-refractivity contribution >= 4 is 11.3 Å². The number of hydrogen-bond donors (Lipinski definition) is 2. The van der Waals surface area contributed by atoms with Gasteiger partial charge in [0.25, 0.3) is 0 Å². The Bertz CT molecular complexity index is 125. The van der Waals surface area contributed by atoms with E-state index >= 15 is 0 Å². The Morgan fingerprint density at radius 2 is 2.30 bits per heavy atom. The highest BCUT2D eigenvalue weighted by Crippen LogP contribution is 2.33. The summed E-state index contributed by atoms with van der Waals surface area (Å²) in [7, 11) is 0. The molecule has 0 aliphatic heterocycles. The van der Waals surface area contributed by atoms with Gasteiger partial charge < -0.3 is 0 Å². The van der Waals surface area contributed by atoms with Crippen LogP contribution in [0.2, 0.25) is 0 Å². The summed E-state index contributed by atoms with van der Waals surface area (Å²) in [5.41, 5.74) is 0. The molecule has 0 aromatic heterocycles. The third-order valence-electron chi connectivity index (χ3n) is 1.71. The van der Waals surface area contributed by atoms with Crippen molar-refractivity contribution in [2.45, 2.75) is 25.7 Å². The number of hydrogen-bond acceptors (Lipinski definition) is 1. The highest BCUT2D eigenvalue weighted by Gasteiger charge is 2.19. The lowest BCUT2D eigenvalue weighted by molar-refractivity contribution is 0.542. The maximum atomic E-state index is 10.1. The summed E-state index contributed by atoms with van der Waals surface area (Å²) >= 11 is -1.81. The van der Waals surface area contributed by atoms with Crippen LogP contribution < -0.4 is 4.72 Å². The second kappa shape index (κ2) is 4.05. The molecule has 0 aromatic rings. The molecule has 0 saturated heterocycles. The molecule has 0 radical (unpaired) electrons. The number of rotatable bonds is 5. The normalized spacial score (nSPS) is 20.9. The summed E-state index contributed by atoms with van der Waals surface area (Å²) in [5, 5.41) is 0. The summed E-state index contributed by atoms with van der Waals surface area (Å²) in [6, 6.07) is 0. The molecular formula is C6H13NO2S. The van der Waals surface area contributed by atoms with Gasteiger partial charge in [0.15, 0.2) is 0 Å². The van der Waals surface area contributed by atoms with E-state index in [4.69, 9.17) is 4.55 Å². The lowest BCUT2D eigenvalue weighted by Gasteiger charge is -1.97. The summed E-state index contributed by atoms with van der Waals surface area (Å²) in [6.45, 7) is 0.666. The SMILES string of the molecule is O=S(O)NCCCC1CC1. The molecule has 2 N–H and O–H groups in total. The average molecular weight is 163 g/mol. The van der Waals surface area contributed by atoms with Crippen LogP contribution >= 0.6 is 0 Å². The first-order valence-corrected chi connectivity index (χ1v) is 4.74. The molecule has 10 heavy (non-hydrogen) atoms. The molecule has 0 spiro atoms. The van der Waals surface area contributed by atoms with Crippen molar-refractivity contribution in [1.29, 1.82) is 0 Å². The summed E-state index contributed by atoms with van der Waals surface area (Å²) < 4.78 is 20.8. The Morgan fingerprint density at radius 3 is 2.80 bits per heavy atom. The van der Waals surface area contributed by atoms with E-state index in [-0.39, 0.29) is 0 Å². The van der Waals surface area contributed by atoms with E-state index in [0.29, 0.717) is 6.54 Å². The van der Waals surface area contributed by atoms with Crippen molar-refractivity contribution in [1.82, 2.24) is 4.72 Å². The van der Waals surface area contributed by atoms with Crippen LogP contribution in [-0.2, 0) is 11.3 Å². The lowest BCUT2D eigenvalue weighted by atomic mass is 10.2. The molecule has 1 fully saturated rings. The fourth-order valence-electron chi connectivity index (χ4n) is 0.957. The van der Waals surface area contributed by atoms with Crippen LogP contribution in [0.1, 0.15) is 25.7 Å². The van der Waals surface area contributed by atoms with E-state index in [0.717, 1.165) is 12.3 Å². The zero-order chi connectivity index (χ0) is 7.40. The zero-order valence-corrected chi connectivity index (χ0v) is 6.69. The van der Waals surface area contributed by atoms with Crippen molar-refractivity contribution in [3.8, 4) is 0 Å². The molecule has 60 valence electrons. The Labute approximate surface area is 63.6 Å². The van der Waals surface area contributed by atoms with Crippen molar-refractivity contribution in [2.75, 3.05) is 6.54 Å². The Balaban J connectivity index is 1.80. The minimum absolute atomic E-state index is 0.666. The van der Waals surface area contributed by atoms with E-state index in [2.05, 4.69) is 4.72 Å². The predicted octanol–water partition coefficient (Wildman–Crippen LogP) is 0.903. The molecule has 4 heteroatoms. The van der Waals surface area contributed by atoms with Crippen LogP contribution in [0.4, 0.5) is 0 Å². The molecule has 1 atom stereocenters. The predicted molar refractivity (Wildman–Crippen MR) is 40.7 cm³/mol. The average Bonchev–Trinajstić information content (AvgIpc) is 2.62. The Hall–Kier alpha value is 0.0700. The van der Waals surface area contributed by atoms with Crippen LogP contribution in [-0.4, -0.2) is 15.3 Å². The smallest absolute Gasteiger partial charge is 0.231 e. The van der Waals surface area contributed by atoms with E-state index in [1.165, 1.54) is 19.3 Å². The van der Waals surface area contributed by atoms with Gasteiger partial charge in [-0.3, -0.25) is 4.55 Å². The first-order valence-electron chi connectivity index (χ1n) is 3.63. The maximum Gasteiger partial charge on any atom is 0.231 e. The minimum Gasteiger partial charge on any atom is -0.294 e. The van der Waals surface area contributed by atoms with Gasteiger partial charge in [-0.1, -0.05) is 12.8 Å². The van der Waals surface area contributed by atoms with Gasteiger partial charge in [-0.2, -0.15) is 0 Å². The molecule has 1 saturated carbocycles. The first-order chi connectivity index (χ1) is 4.79. The minimum atomic E-state index is -1.81. The van der Waals surface area contributed by atoms with Crippen molar-refractivity contribution < 1.29 is 8.76 Å². The van der Waals surface area contributed by atoms with Crippen LogP contribution in [0.5, 0.6) is 0 Å². The van der Waals surface area contributed by atoms with Gasteiger partial charge >= 0.3 is 0 Å². The second-order valence-electron chi connectivity index (χ2n) is 2.73. The van der Waals surface area contributed by atoms with E-state index in [1.54, 1.807) is 0 Å². The number of nitrogens with one attached hydrogen (secondary N) is 1. The zero-order valence-electron chi connectivity index (χ0n) is 5.88. The third-order valence-corrected chi connectivity index (χ3v) is 2.16. The Morgan fingerprint density at radius 1 is 1.60 bits per heavy atom. The van der Waals surface area contributed by atoms with Crippen molar-refractivity contribution in [3.63, 3.8) is 0 Å². The molecule has 0 aromatic carbocycles. The molecule has 1 aliphatic carbocycles. The molecule has 0 bridgehead atoms. The molecular weight excluding hydrogens is 150 g/mol. The van der Waals surface area contributed by atoms with Crippen LogP contribution in [0, 0.1) is 5.92 Å². The van der Waals surface area contributed by atoms with Crippen LogP contribution in [0.15, 0.2) is 0 Å². The molecule has 1 unspecified atom stereocenters. The fourth-order valence-corrected chi connectivity index (χ4v) is 1.28. The Kier molecular flexibility index (Phi) is 3.31. The molecule has 1 aliphatic rings. The molecule has 3 nitrogen and oxygen atoms in total. The summed E-state index contributed by atoms with van der Waals surface area (Å²) in [6.07, 6.45) is 4.96. The van der Waals surface area contributed by atoms with Gasteiger partial charge in [0, 0.05) is 6.54 Å². The van der Waals surface area contributed by atoms with Gasteiger partial charge in [0.2, 0.25) is 11.3 Å². The van der Waals surface area contributed by atoms with Crippen molar-refractivity contribution in [2.24, 2.45) is 5.92 Å². The molecule has 0 heterocycles. The molecule has 0 amide bonds. The van der Waals surface area contributed by atoms with Crippen molar-refractivity contribution in [3.05, 3.63) is 0 Å². The highest BCUT2D eigenvalue weighted by atomic mass is 32.2. The third kappa shape index (κ3) is 3.98. The monoisotopic (exact) mass is 163 g/mol. The van der Waals surface area contributed by atoms with Gasteiger partial charge in [0.05, 0.1) is 0 Å². The quantitative estimate of drug-likeness (QED) is 0.467. The van der Waals surface area contributed by atoms with Gasteiger partial charge in [-0.25, -0.2) is 8.93 Å². The molecule has 1 rings (SSSR count). The standard InChI is InChI=1S/C6H13NO2S/c8-10(9)7-5-1-2-6-3-4-6/h6-7H,1-5H2,(H,8,9). The summed E-state index contributed by atoms with van der Waals surface area (Å²) in [5.74, 6) is 0.925. The van der Waals surface area contributed by atoms with Gasteiger partial charge in [0.1, 0.15) is 0 Å². The first kappa shape index (κ1) is 8.17. The fraction of sp³-hybridized carbons (Fsp3) is 1.00. The lowest BCUT2D eigenvalue weighted by Crippen LogP contribution is -2.17. The summed E-state index contributed by atoms with van der Waals surface area (Å²) in [4.78, 5) is 0. The highest BCUT2D eigenvalue weighted by molar-refractivity contribution is 7.77. The van der Waals surface area contributed by atoms with Gasteiger partial charge in [-0.15, -0.1) is 0 Å². The van der Waals surface area contributed by atoms with Crippen LogP contribution in [0.25, 0.3) is 0 Å². The largest absolute Gasteiger partial charge is 0.294 e.